The van der Waals surface area contributed by atoms with Crippen LogP contribution in [0.4, 0.5) is 11.4 Å². The first-order chi connectivity index (χ1) is 12.3. The second kappa shape index (κ2) is 8.32. The molecule has 9 heteroatoms. The molecule has 1 heterocycles. The van der Waals surface area contributed by atoms with Crippen molar-refractivity contribution in [3.05, 3.63) is 17.7 Å². The molecule has 1 aliphatic rings. The molecule has 0 spiro atoms. The average Bonchev–Trinajstić information content (AvgIpc) is 2.69. The van der Waals surface area contributed by atoms with Crippen LogP contribution in [0.1, 0.15) is 43.0 Å². The zero-order valence-corrected chi connectivity index (χ0v) is 14.7. The number of fused-ring (bicyclic) bond motifs is 1. The highest BCUT2D eigenvalue weighted by Gasteiger charge is 2.29. The molecular formula is C17H22N4O5. The zero-order valence-electron chi connectivity index (χ0n) is 14.7. The standard InChI is InChI=1S/C17H22N4O5/c1-3-4-15(23)19-12-8-11-9(7-13(12)26-2)16(24)20-10(17(25)21-11)5-6-14(18)22/h7-8,10H,3-6H2,1-2H3,(H2,18,22)(H,19,23)(H,20,24)(H,21,25)/t10-/m1/s1. The van der Waals surface area contributed by atoms with Crippen molar-refractivity contribution in [2.75, 3.05) is 17.7 Å². The number of nitrogens with two attached hydrogens (primary N) is 1. The number of nitrogens with one attached hydrogen (secondary N) is 3. The van der Waals surface area contributed by atoms with E-state index in [4.69, 9.17) is 10.5 Å². The van der Waals surface area contributed by atoms with Gasteiger partial charge in [0.05, 0.1) is 24.0 Å². The Labute approximate surface area is 150 Å². The van der Waals surface area contributed by atoms with E-state index in [0.717, 1.165) is 0 Å². The molecule has 0 unspecified atom stereocenters. The maximum atomic E-state index is 12.4. The van der Waals surface area contributed by atoms with Crippen molar-refractivity contribution in [2.45, 2.75) is 38.6 Å². The minimum Gasteiger partial charge on any atom is -0.495 e. The van der Waals surface area contributed by atoms with Crippen LogP contribution in [0.25, 0.3) is 0 Å². The molecule has 0 aromatic heterocycles. The number of carbonyl (C=O) groups is 4. The van der Waals surface area contributed by atoms with Gasteiger partial charge in [-0.25, -0.2) is 0 Å². The minimum absolute atomic E-state index is 0.0314. The second-order valence-corrected chi connectivity index (χ2v) is 5.92. The number of amides is 4. The molecule has 140 valence electrons. The predicted molar refractivity (Wildman–Crippen MR) is 94.8 cm³/mol. The molecule has 2 rings (SSSR count). The van der Waals surface area contributed by atoms with E-state index in [2.05, 4.69) is 16.0 Å². The molecule has 4 amide bonds. The molecule has 1 aromatic carbocycles. The van der Waals surface area contributed by atoms with Crippen LogP contribution < -0.4 is 26.4 Å². The highest BCUT2D eigenvalue weighted by Crippen LogP contribution is 2.33. The van der Waals surface area contributed by atoms with Gasteiger partial charge in [-0.2, -0.15) is 0 Å². The highest BCUT2D eigenvalue weighted by atomic mass is 16.5. The van der Waals surface area contributed by atoms with E-state index in [1.165, 1.54) is 19.2 Å². The number of primary amides is 1. The third-order valence-electron chi connectivity index (χ3n) is 3.89. The normalized spacial score (nSPS) is 16.0. The Bertz CT molecular complexity index is 747. The van der Waals surface area contributed by atoms with Gasteiger partial charge in [-0.15, -0.1) is 0 Å². The monoisotopic (exact) mass is 362 g/mol. The van der Waals surface area contributed by atoms with Gasteiger partial charge in [-0.05, 0) is 25.0 Å². The van der Waals surface area contributed by atoms with Gasteiger partial charge in [0.2, 0.25) is 17.7 Å². The molecule has 9 nitrogen and oxygen atoms in total. The summed E-state index contributed by atoms with van der Waals surface area (Å²) in [6.07, 6.45) is 1.08. The SMILES string of the molecule is CCCC(=O)Nc1cc2c(cc1OC)C(=O)N[C@H](CCC(N)=O)C(=O)N2. The quantitative estimate of drug-likeness (QED) is 0.567. The zero-order chi connectivity index (χ0) is 19.3. The summed E-state index contributed by atoms with van der Waals surface area (Å²) in [5.41, 5.74) is 5.91. The lowest BCUT2D eigenvalue weighted by atomic mass is 10.1. The smallest absolute Gasteiger partial charge is 0.254 e. The summed E-state index contributed by atoms with van der Waals surface area (Å²) in [6, 6.07) is 2.05. The number of rotatable bonds is 7. The third kappa shape index (κ3) is 4.50. The van der Waals surface area contributed by atoms with Crippen LogP contribution in [0.5, 0.6) is 5.75 Å². The van der Waals surface area contributed by atoms with Crippen molar-refractivity contribution in [3.63, 3.8) is 0 Å². The van der Waals surface area contributed by atoms with E-state index in [1.54, 1.807) is 0 Å². The van der Waals surface area contributed by atoms with Crippen molar-refractivity contribution >= 4 is 35.0 Å². The van der Waals surface area contributed by atoms with Gasteiger partial charge < -0.3 is 26.4 Å². The van der Waals surface area contributed by atoms with Crippen molar-refractivity contribution < 1.29 is 23.9 Å². The Morgan fingerprint density at radius 3 is 2.62 bits per heavy atom. The van der Waals surface area contributed by atoms with E-state index in [1.807, 2.05) is 6.92 Å². The fourth-order valence-corrected chi connectivity index (χ4v) is 2.59. The van der Waals surface area contributed by atoms with Gasteiger partial charge in [-0.3, -0.25) is 19.2 Å². The van der Waals surface area contributed by atoms with E-state index >= 15 is 0 Å². The van der Waals surface area contributed by atoms with E-state index < -0.39 is 23.8 Å². The molecule has 0 bridgehead atoms. The molecule has 1 aromatic rings. The molecule has 26 heavy (non-hydrogen) atoms. The molecule has 1 aliphatic heterocycles. The maximum absolute atomic E-state index is 12.4. The van der Waals surface area contributed by atoms with Gasteiger partial charge >= 0.3 is 0 Å². The number of ether oxygens (including phenoxy) is 1. The largest absolute Gasteiger partial charge is 0.495 e. The molecule has 0 saturated carbocycles. The van der Waals surface area contributed by atoms with Crippen molar-refractivity contribution in [3.8, 4) is 5.75 Å². The first-order valence-corrected chi connectivity index (χ1v) is 8.27. The molecule has 0 radical (unpaired) electrons. The number of hydrogen-bond acceptors (Lipinski definition) is 5. The summed E-state index contributed by atoms with van der Waals surface area (Å²) in [5, 5.41) is 7.92. The van der Waals surface area contributed by atoms with Crippen LogP contribution in [-0.4, -0.2) is 36.8 Å². The molecular weight excluding hydrogens is 340 g/mol. The van der Waals surface area contributed by atoms with Crippen LogP contribution in [0.15, 0.2) is 12.1 Å². The predicted octanol–water partition coefficient (Wildman–Crippen LogP) is 0.750. The lowest BCUT2D eigenvalue weighted by molar-refractivity contribution is -0.119. The summed E-state index contributed by atoms with van der Waals surface area (Å²) in [5.74, 6) is -1.41. The molecule has 0 saturated heterocycles. The van der Waals surface area contributed by atoms with Crippen LogP contribution in [-0.2, 0) is 14.4 Å². The number of anilines is 2. The topological polar surface area (TPSA) is 140 Å². The highest BCUT2D eigenvalue weighted by molar-refractivity contribution is 6.11. The van der Waals surface area contributed by atoms with E-state index in [0.29, 0.717) is 24.3 Å². The van der Waals surface area contributed by atoms with Gasteiger partial charge in [0.1, 0.15) is 11.8 Å². The Morgan fingerprint density at radius 1 is 1.27 bits per heavy atom. The van der Waals surface area contributed by atoms with Crippen molar-refractivity contribution in [1.29, 1.82) is 0 Å². The van der Waals surface area contributed by atoms with Crippen LogP contribution in [0.2, 0.25) is 0 Å². The summed E-state index contributed by atoms with van der Waals surface area (Å²) >= 11 is 0. The lowest BCUT2D eigenvalue weighted by Gasteiger charge is -2.14. The Morgan fingerprint density at radius 2 is 2.00 bits per heavy atom. The van der Waals surface area contributed by atoms with Crippen LogP contribution in [0.3, 0.4) is 0 Å². The molecule has 0 fully saturated rings. The van der Waals surface area contributed by atoms with Crippen LogP contribution in [0, 0.1) is 0 Å². The molecule has 1 atom stereocenters. The summed E-state index contributed by atoms with van der Waals surface area (Å²) in [4.78, 5) is 47.6. The lowest BCUT2D eigenvalue weighted by Crippen LogP contribution is -2.41. The minimum atomic E-state index is -0.883. The molecule has 5 N–H and O–H groups in total. The summed E-state index contributed by atoms with van der Waals surface area (Å²) in [7, 11) is 1.42. The summed E-state index contributed by atoms with van der Waals surface area (Å²) < 4.78 is 5.24. The number of benzene rings is 1. The van der Waals surface area contributed by atoms with Crippen LogP contribution >= 0.6 is 0 Å². The third-order valence-corrected chi connectivity index (χ3v) is 3.89. The molecule has 0 aliphatic carbocycles. The summed E-state index contributed by atoms with van der Waals surface area (Å²) in [6.45, 7) is 1.88. The number of methoxy groups -OCH3 is 1. The van der Waals surface area contributed by atoms with E-state index in [-0.39, 0.29) is 30.0 Å². The van der Waals surface area contributed by atoms with Gasteiger partial charge in [0.25, 0.3) is 5.91 Å². The van der Waals surface area contributed by atoms with Gasteiger partial charge in [0, 0.05) is 12.8 Å². The Balaban J connectivity index is 2.32. The maximum Gasteiger partial charge on any atom is 0.254 e. The Hall–Kier alpha value is -3.10. The first-order valence-electron chi connectivity index (χ1n) is 8.27. The van der Waals surface area contributed by atoms with Crippen molar-refractivity contribution in [2.24, 2.45) is 5.73 Å². The van der Waals surface area contributed by atoms with E-state index in [9.17, 15) is 19.2 Å². The van der Waals surface area contributed by atoms with Gasteiger partial charge in [-0.1, -0.05) is 6.92 Å². The number of hydrogen-bond donors (Lipinski definition) is 4. The second-order valence-electron chi connectivity index (χ2n) is 5.92. The average molecular weight is 362 g/mol. The number of carbonyl (C=O) groups excluding carboxylic acids is 4. The fraction of sp³-hybridized carbons (Fsp3) is 0.412. The Kier molecular flexibility index (Phi) is 6.16. The first kappa shape index (κ1) is 19.2. The van der Waals surface area contributed by atoms with Crippen molar-refractivity contribution in [1.82, 2.24) is 5.32 Å². The van der Waals surface area contributed by atoms with Gasteiger partial charge in [0.15, 0.2) is 0 Å². The fourth-order valence-electron chi connectivity index (χ4n) is 2.59.